The van der Waals surface area contributed by atoms with E-state index in [0.29, 0.717) is 12.5 Å². The predicted octanol–water partition coefficient (Wildman–Crippen LogP) is 3.54. The standard InChI is InChI=1S/C17H27NO2/c1-11(2)7-8-18-17(19)15(6)20-16-10-12(3)9-13(4)14(16)5/h9-11,15H,7-8H2,1-6H3,(H,18,19)/t15-/m1/s1. The van der Waals surface area contributed by atoms with Crippen LogP contribution in [0.2, 0.25) is 0 Å². The van der Waals surface area contributed by atoms with E-state index in [-0.39, 0.29) is 5.91 Å². The van der Waals surface area contributed by atoms with Gasteiger partial charge in [-0.25, -0.2) is 0 Å². The van der Waals surface area contributed by atoms with Crippen molar-refractivity contribution in [2.45, 2.75) is 54.1 Å². The molecule has 0 aliphatic carbocycles. The fraction of sp³-hybridized carbons (Fsp3) is 0.588. The van der Waals surface area contributed by atoms with Gasteiger partial charge in [-0.15, -0.1) is 0 Å². The van der Waals surface area contributed by atoms with Crippen molar-refractivity contribution in [1.29, 1.82) is 0 Å². The van der Waals surface area contributed by atoms with Crippen LogP contribution in [0.25, 0.3) is 0 Å². The molecule has 1 atom stereocenters. The highest BCUT2D eigenvalue weighted by atomic mass is 16.5. The molecule has 0 bridgehead atoms. The molecular weight excluding hydrogens is 250 g/mol. The van der Waals surface area contributed by atoms with Crippen molar-refractivity contribution in [3.8, 4) is 5.75 Å². The lowest BCUT2D eigenvalue weighted by Crippen LogP contribution is -2.37. The van der Waals surface area contributed by atoms with Gasteiger partial charge in [0.05, 0.1) is 0 Å². The quantitative estimate of drug-likeness (QED) is 0.863. The van der Waals surface area contributed by atoms with Crippen LogP contribution in [0.1, 0.15) is 43.9 Å². The van der Waals surface area contributed by atoms with Crippen LogP contribution in [0.4, 0.5) is 0 Å². The molecule has 1 amide bonds. The maximum Gasteiger partial charge on any atom is 0.260 e. The molecule has 0 saturated heterocycles. The molecular formula is C17H27NO2. The maximum absolute atomic E-state index is 12.0. The Hall–Kier alpha value is -1.51. The zero-order valence-corrected chi connectivity index (χ0v) is 13.5. The van der Waals surface area contributed by atoms with Crippen molar-refractivity contribution in [3.63, 3.8) is 0 Å². The number of hydrogen-bond donors (Lipinski definition) is 1. The number of rotatable bonds is 6. The van der Waals surface area contributed by atoms with Crippen molar-refractivity contribution in [2.24, 2.45) is 5.92 Å². The zero-order chi connectivity index (χ0) is 15.3. The molecule has 0 saturated carbocycles. The van der Waals surface area contributed by atoms with Crippen molar-refractivity contribution in [2.75, 3.05) is 6.54 Å². The fourth-order valence-electron chi connectivity index (χ4n) is 1.99. The number of carbonyl (C=O) groups excluding carboxylic acids is 1. The Bertz CT molecular complexity index is 466. The number of nitrogens with one attached hydrogen (secondary N) is 1. The molecule has 20 heavy (non-hydrogen) atoms. The third kappa shape index (κ3) is 4.87. The smallest absolute Gasteiger partial charge is 0.260 e. The average molecular weight is 277 g/mol. The van der Waals surface area contributed by atoms with Gasteiger partial charge in [-0.05, 0) is 62.8 Å². The Balaban J connectivity index is 2.61. The second-order valence-electron chi connectivity index (χ2n) is 5.94. The minimum Gasteiger partial charge on any atom is -0.481 e. The SMILES string of the molecule is Cc1cc(C)c(C)c(O[C@H](C)C(=O)NCCC(C)C)c1. The van der Waals surface area contributed by atoms with Crippen molar-refractivity contribution >= 4 is 5.91 Å². The van der Waals surface area contributed by atoms with Gasteiger partial charge in [0.1, 0.15) is 5.75 Å². The molecule has 0 aromatic heterocycles. The Labute approximate surface area is 122 Å². The summed E-state index contributed by atoms with van der Waals surface area (Å²) >= 11 is 0. The lowest BCUT2D eigenvalue weighted by Gasteiger charge is -2.18. The maximum atomic E-state index is 12.0. The Morgan fingerprint density at radius 3 is 2.45 bits per heavy atom. The largest absolute Gasteiger partial charge is 0.481 e. The third-order valence-corrected chi connectivity index (χ3v) is 3.46. The van der Waals surface area contributed by atoms with Gasteiger partial charge in [0.2, 0.25) is 0 Å². The van der Waals surface area contributed by atoms with Gasteiger partial charge in [0.25, 0.3) is 5.91 Å². The van der Waals surface area contributed by atoms with Gasteiger partial charge in [-0.2, -0.15) is 0 Å². The van der Waals surface area contributed by atoms with Crippen LogP contribution in [0.5, 0.6) is 5.75 Å². The lowest BCUT2D eigenvalue weighted by atomic mass is 10.1. The molecule has 1 aromatic rings. The van der Waals surface area contributed by atoms with E-state index in [0.717, 1.165) is 23.3 Å². The molecule has 0 radical (unpaired) electrons. The molecule has 1 aromatic carbocycles. The van der Waals surface area contributed by atoms with Gasteiger partial charge in [-0.3, -0.25) is 4.79 Å². The number of hydrogen-bond acceptors (Lipinski definition) is 2. The van der Waals surface area contributed by atoms with Gasteiger partial charge in [0.15, 0.2) is 6.10 Å². The predicted molar refractivity (Wildman–Crippen MR) is 83.2 cm³/mol. The molecule has 112 valence electrons. The Morgan fingerprint density at radius 2 is 1.85 bits per heavy atom. The molecule has 0 unspecified atom stereocenters. The van der Waals surface area contributed by atoms with E-state index in [1.54, 1.807) is 6.92 Å². The van der Waals surface area contributed by atoms with Crippen LogP contribution >= 0.6 is 0 Å². The Morgan fingerprint density at radius 1 is 1.20 bits per heavy atom. The molecule has 0 spiro atoms. The fourth-order valence-corrected chi connectivity index (χ4v) is 1.99. The van der Waals surface area contributed by atoms with E-state index in [9.17, 15) is 4.79 Å². The van der Waals surface area contributed by atoms with E-state index in [1.165, 1.54) is 5.56 Å². The summed E-state index contributed by atoms with van der Waals surface area (Å²) < 4.78 is 5.81. The van der Waals surface area contributed by atoms with Crippen LogP contribution < -0.4 is 10.1 Å². The normalized spacial score (nSPS) is 12.3. The van der Waals surface area contributed by atoms with E-state index in [1.807, 2.05) is 19.9 Å². The first kappa shape index (κ1) is 16.5. The first-order valence-corrected chi connectivity index (χ1v) is 7.33. The molecule has 0 heterocycles. The summed E-state index contributed by atoms with van der Waals surface area (Å²) in [7, 11) is 0. The van der Waals surface area contributed by atoms with Crippen molar-refractivity contribution < 1.29 is 9.53 Å². The highest BCUT2D eigenvalue weighted by Crippen LogP contribution is 2.24. The third-order valence-electron chi connectivity index (χ3n) is 3.46. The van der Waals surface area contributed by atoms with E-state index < -0.39 is 6.10 Å². The summed E-state index contributed by atoms with van der Waals surface area (Å²) in [5, 5.41) is 2.92. The van der Waals surface area contributed by atoms with Gasteiger partial charge in [0, 0.05) is 6.54 Å². The molecule has 3 heteroatoms. The molecule has 3 nitrogen and oxygen atoms in total. The summed E-state index contributed by atoms with van der Waals surface area (Å²) in [6.45, 7) is 12.9. The molecule has 0 aliphatic rings. The summed E-state index contributed by atoms with van der Waals surface area (Å²) in [6, 6.07) is 4.11. The van der Waals surface area contributed by atoms with Gasteiger partial charge >= 0.3 is 0 Å². The van der Waals surface area contributed by atoms with Crippen molar-refractivity contribution in [3.05, 3.63) is 28.8 Å². The summed E-state index contributed by atoms with van der Waals surface area (Å²) in [5.74, 6) is 1.34. The highest BCUT2D eigenvalue weighted by molar-refractivity contribution is 5.80. The number of ether oxygens (including phenoxy) is 1. The van der Waals surface area contributed by atoms with Crippen LogP contribution in [-0.4, -0.2) is 18.6 Å². The Kier molecular flexibility index (Phi) is 6.05. The molecule has 1 rings (SSSR count). The molecule has 0 aliphatic heterocycles. The first-order valence-electron chi connectivity index (χ1n) is 7.33. The summed E-state index contributed by atoms with van der Waals surface area (Å²) in [6.07, 6.45) is 0.517. The van der Waals surface area contributed by atoms with Crippen LogP contribution in [-0.2, 0) is 4.79 Å². The van der Waals surface area contributed by atoms with Gasteiger partial charge < -0.3 is 10.1 Å². The number of benzene rings is 1. The van der Waals surface area contributed by atoms with E-state index in [4.69, 9.17) is 4.74 Å². The molecule has 0 fully saturated rings. The number of carbonyl (C=O) groups is 1. The minimum atomic E-state index is -0.470. The van der Waals surface area contributed by atoms with E-state index >= 15 is 0 Å². The second kappa shape index (κ2) is 7.32. The summed E-state index contributed by atoms with van der Waals surface area (Å²) in [4.78, 5) is 12.0. The monoisotopic (exact) mass is 277 g/mol. The lowest BCUT2D eigenvalue weighted by molar-refractivity contribution is -0.127. The number of amides is 1. The second-order valence-corrected chi connectivity index (χ2v) is 5.94. The highest BCUT2D eigenvalue weighted by Gasteiger charge is 2.16. The topological polar surface area (TPSA) is 38.3 Å². The van der Waals surface area contributed by atoms with Crippen LogP contribution in [0.15, 0.2) is 12.1 Å². The van der Waals surface area contributed by atoms with Crippen LogP contribution in [0, 0.1) is 26.7 Å². The average Bonchev–Trinajstić information content (AvgIpc) is 2.34. The van der Waals surface area contributed by atoms with Crippen molar-refractivity contribution in [1.82, 2.24) is 5.32 Å². The van der Waals surface area contributed by atoms with Gasteiger partial charge in [-0.1, -0.05) is 19.9 Å². The zero-order valence-electron chi connectivity index (χ0n) is 13.5. The molecule has 1 N–H and O–H groups in total. The summed E-state index contributed by atoms with van der Waals surface area (Å²) in [5.41, 5.74) is 3.43. The van der Waals surface area contributed by atoms with E-state index in [2.05, 4.69) is 32.2 Å². The number of aryl methyl sites for hydroxylation is 2. The first-order chi connectivity index (χ1) is 9.31. The van der Waals surface area contributed by atoms with Crippen LogP contribution in [0.3, 0.4) is 0 Å². The minimum absolute atomic E-state index is 0.0517.